The number of carbonyl (C=O) groups excluding carboxylic acids is 1. The fourth-order valence-corrected chi connectivity index (χ4v) is 1.99. The van der Waals surface area contributed by atoms with Gasteiger partial charge in [-0.1, -0.05) is 19.8 Å². The van der Waals surface area contributed by atoms with Gasteiger partial charge in [0.15, 0.2) is 0 Å². The minimum Gasteiger partial charge on any atom is -0.444 e. The molecule has 15 heavy (non-hydrogen) atoms. The van der Waals surface area contributed by atoms with Gasteiger partial charge in [-0.25, -0.2) is 4.79 Å². The van der Waals surface area contributed by atoms with E-state index in [9.17, 15) is 4.79 Å². The Balaban J connectivity index is 2.36. The van der Waals surface area contributed by atoms with Crippen molar-refractivity contribution in [3.63, 3.8) is 0 Å². The standard InChI is InChI=1S/C12H23NO2/c1-9-7-5-6-8-10(9)13-11(14)15-12(2,3)4/h9-10H,5-8H2,1-4H3,(H,13,14)/t9?,10-/m0/s1. The first kappa shape index (κ1) is 12.3. The third-order valence-electron chi connectivity index (χ3n) is 2.81. The summed E-state index contributed by atoms with van der Waals surface area (Å²) in [6, 6.07) is 0.300. The van der Waals surface area contributed by atoms with Crippen molar-refractivity contribution in [1.82, 2.24) is 5.32 Å². The van der Waals surface area contributed by atoms with Gasteiger partial charge >= 0.3 is 6.09 Å². The Labute approximate surface area is 92.6 Å². The van der Waals surface area contributed by atoms with Crippen molar-refractivity contribution in [3.05, 3.63) is 0 Å². The van der Waals surface area contributed by atoms with Crippen LogP contribution in [0.1, 0.15) is 53.4 Å². The van der Waals surface area contributed by atoms with Gasteiger partial charge in [-0.15, -0.1) is 0 Å². The molecule has 0 radical (unpaired) electrons. The lowest BCUT2D eigenvalue weighted by Crippen LogP contribution is -2.43. The Bertz CT molecular complexity index is 220. The summed E-state index contributed by atoms with van der Waals surface area (Å²) in [5.41, 5.74) is -0.401. The lowest BCUT2D eigenvalue weighted by atomic mass is 9.86. The van der Waals surface area contributed by atoms with E-state index in [0.717, 1.165) is 6.42 Å². The summed E-state index contributed by atoms with van der Waals surface area (Å²) in [6.45, 7) is 7.85. The van der Waals surface area contributed by atoms with Crippen molar-refractivity contribution in [2.24, 2.45) is 5.92 Å². The van der Waals surface area contributed by atoms with Crippen molar-refractivity contribution in [2.75, 3.05) is 0 Å². The van der Waals surface area contributed by atoms with E-state index in [1.807, 2.05) is 20.8 Å². The molecule has 0 heterocycles. The molecule has 1 unspecified atom stereocenters. The van der Waals surface area contributed by atoms with E-state index in [2.05, 4.69) is 12.2 Å². The van der Waals surface area contributed by atoms with Gasteiger partial charge in [0.25, 0.3) is 0 Å². The molecule has 1 rings (SSSR count). The van der Waals surface area contributed by atoms with Crippen LogP contribution in [0.4, 0.5) is 4.79 Å². The fourth-order valence-electron chi connectivity index (χ4n) is 1.99. The summed E-state index contributed by atoms with van der Waals surface area (Å²) < 4.78 is 5.24. The van der Waals surface area contributed by atoms with E-state index in [0.29, 0.717) is 12.0 Å². The second-order valence-corrected chi connectivity index (χ2v) is 5.51. The molecule has 0 aromatic rings. The number of rotatable bonds is 1. The third kappa shape index (κ3) is 4.54. The van der Waals surface area contributed by atoms with Gasteiger partial charge in [0.05, 0.1) is 0 Å². The SMILES string of the molecule is CC1CCCC[C@@H]1NC(=O)OC(C)(C)C. The molecule has 1 saturated carbocycles. The molecule has 1 aliphatic rings. The van der Waals surface area contributed by atoms with Crippen molar-refractivity contribution in [3.8, 4) is 0 Å². The molecular formula is C12H23NO2. The highest BCUT2D eigenvalue weighted by Gasteiger charge is 2.25. The maximum absolute atomic E-state index is 11.5. The second kappa shape index (κ2) is 4.86. The Morgan fingerprint density at radius 2 is 1.87 bits per heavy atom. The van der Waals surface area contributed by atoms with Gasteiger partial charge in [0.2, 0.25) is 0 Å². The molecule has 1 amide bonds. The monoisotopic (exact) mass is 213 g/mol. The number of amides is 1. The Hall–Kier alpha value is -0.730. The van der Waals surface area contributed by atoms with Crippen LogP contribution in [0.3, 0.4) is 0 Å². The number of hydrogen-bond acceptors (Lipinski definition) is 2. The van der Waals surface area contributed by atoms with Crippen LogP contribution in [0.2, 0.25) is 0 Å². The average molecular weight is 213 g/mol. The highest BCUT2D eigenvalue weighted by atomic mass is 16.6. The average Bonchev–Trinajstić information content (AvgIpc) is 2.05. The van der Waals surface area contributed by atoms with Crippen molar-refractivity contribution in [1.29, 1.82) is 0 Å². The molecule has 1 fully saturated rings. The lowest BCUT2D eigenvalue weighted by molar-refractivity contribution is 0.0473. The zero-order valence-corrected chi connectivity index (χ0v) is 10.3. The van der Waals surface area contributed by atoms with Gasteiger partial charge in [0.1, 0.15) is 5.60 Å². The maximum atomic E-state index is 11.5. The Kier molecular flexibility index (Phi) is 4.00. The summed E-state index contributed by atoms with van der Waals surface area (Å²) in [4.78, 5) is 11.5. The van der Waals surface area contributed by atoms with Gasteiger partial charge in [0, 0.05) is 6.04 Å². The molecule has 3 nitrogen and oxygen atoms in total. The van der Waals surface area contributed by atoms with Crippen LogP contribution < -0.4 is 5.32 Å². The first-order valence-electron chi connectivity index (χ1n) is 5.88. The second-order valence-electron chi connectivity index (χ2n) is 5.51. The molecule has 2 atom stereocenters. The smallest absolute Gasteiger partial charge is 0.407 e. The lowest BCUT2D eigenvalue weighted by Gasteiger charge is -2.30. The summed E-state index contributed by atoms with van der Waals surface area (Å²) >= 11 is 0. The van der Waals surface area contributed by atoms with Crippen LogP contribution in [0.15, 0.2) is 0 Å². The fraction of sp³-hybridized carbons (Fsp3) is 0.917. The van der Waals surface area contributed by atoms with E-state index < -0.39 is 5.60 Å². The van der Waals surface area contributed by atoms with E-state index in [-0.39, 0.29) is 6.09 Å². The van der Waals surface area contributed by atoms with E-state index >= 15 is 0 Å². The van der Waals surface area contributed by atoms with Crippen LogP contribution in [0, 0.1) is 5.92 Å². The van der Waals surface area contributed by atoms with E-state index in [4.69, 9.17) is 4.74 Å². The molecule has 0 bridgehead atoms. The predicted octanol–water partition coefficient (Wildman–Crippen LogP) is 3.09. The number of hydrogen-bond donors (Lipinski definition) is 1. The minimum atomic E-state index is -0.401. The Morgan fingerprint density at radius 1 is 1.27 bits per heavy atom. The van der Waals surface area contributed by atoms with Crippen LogP contribution in [-0.2, 0) is 4.74 Å². The molecule has 3 heteroatoms. The number of nitrogens with one attached hydrogen (secondary N) is 1. The van der Waals surface area contributed by atoms with Crippen molar-refractivity contribution < 1.29 is 9.53 Å². The number of carbonyl (C=O) groups is 1. The number of ether oxygens (including phenoxy) is 1. The molecule has 0 aromatic heterocycles. The zero-order chi connectivity index (χ0) is 11.5. The topological polar surface area (TPSA) is 38.3 Å². The van der Waals surface area contributed by atoms with E-state index in [1.54, 1.807) is 0 Å². The van der Waals surface area contributed by atoms with Crippen LogP contribution >= 0.6 is 0 Å². The summed E-state index contributed by atoms with van der Waals surface area (Å²) in [7, 11) is 0. The third-order valence-corrected chi connectivity index (χ3v) is 2.81. The predicted molar refractivity (Wildman–Crippen MR) is 60.8 cm³/mol. The normalized spacial score (nSPS) is 27.2. The van der Waals surface area contributed by atoms with Crippen molar-refractivity contribution in [2.45, 2.75) is 65.0 Å². The molecule has 0 saturated heterocycles. The maximum Gasteiger partial charge on any atom is 0.407 e. The number of alkyl carbamates (subject to hydrolysis) is 1. The largest absolute Gasteiger partial charge is 0.444 e. The molecule has 1 aliphatic carbocycles. The molecule has 1 N–H and O–H groups in total. The zero-order valence-electron chi connectivity index (χ0n) is 10.3. The molecule has 0 aliphatic heterocycles. The van der Waals surface area contributed by atoms with Gasteiger partial charge in [-0.2, -0.15) is 0 Å². The van der Waals surface area contributed by atoms with Crippen molar-refractivity contribution >= 4 is 6.09 Å². The highest BCUT2D eigenvalue weighted by Crippen LogP contribution is 2.23. The van der Waals surface area contributed by atoms with Gasteiger partial charge < -0.3 is 10.1 Å². The highest BCUT2D eigenvalue weighted by molar-refractivity contribution is 5.68. The van der Waals surface area contributed by atoms with Gasteiger partial charge in [-0.05, 0) is 39.5 Å². The van der Waals surface area contributed by atoms with E-state index in [1.165, 1.54) is 19.3 Å². The Morgan fingerprint density at radius 3 is 2.40 bits per heavy atom. The molecule has 0 aromatic carbocycles. The van der Waals surface area contributed by atoms with Crippen LogP contribution in [0.5, 0.6) is 0 Å². The molecule has 88 valence electrons. The van der Waals surface area contributed by atoms with Gasteiger partial charge in [-0.3, -0.25) is 0 Å². The summed E-state index contributed by atoms with van der Waals surface area (Å²) in [5.74, 6) is 0.575. The van der Waals surface area contributed by atoms with Crippen LogP contribution in [-0.4, -0.2) is 17.7 Å². The molecule has 0 spiro atoms. The van der Waals surface area contributed by atoms with Crippen LogP contribution in [0.25, 0.3) is 0 Å². The summed E-state index contributed by atoms with van der Waals surface area (Å²) in [6.07, 6.45) is 4.51. The quantitative estimate of drug-likeness (QED) is 0.727. The summed E-state index contributed by atoms with van der Waals surface area (Å²) in [5, 5.41) is 2.96. The molecular weight excluding hydrogens is 190 g/mol. The first-order chi connectivity index (χ1) is 6.88. The minimum absolute atomic E-state index is 0.277. The first-order valence-corrected chi connectivity index (χ1v) is 5.88.